The van der Waals surface area contributed by atoms with Crippen LogP contribution in [-0.2, 0) is 11.3 Å². The Morgan fingerprint density at radius 2 is 1.71 bits per heavy atom. The lowest BCUT2D eigenvalue weighted by Gasteiger charge is -2.26. The zero-order valence-corrected chi connectivity index (χ0v) is 15.0. The van der Waals surface area contributed by atoms with Crippen LogP contribution < -0.4 is 5.32 Å². The van der Waals surface area contributed by atoms with Gasteiger partial charge < -0.3 is 10.1 Å². The van der Waals surface area contributed by atoms with Crippen molar-refractivity contribution in [2.24, 2.45) is 0 Å². The molecule has 0 bridgehead atoms. The van der Waals surface area contributed by atoms with E-state index in [0.717, 1.165) is 68.0 Å². The van der Waals surface area contributed by atoms with E-state index in [-0.39, 0.29) is 24.8 Å². The molecule has 1 aliphatic rings. The van der Waals surface area contributed by atoms with Crippen molar-refractivity contribution in [3.63, 3.8) is 0 Å². The normalized spacial score (nSPS) is 15.1. The first-order valence-electron chi connectivity index (χ1n) is 6.71. The topological polar surface area (TPSA) is 24.5 Å². The van der Waals surface area contributed by atoms with Crippen molar-refractivity contribution in [1.29, 1.82) is 0 Å². The molecule has 0 aliphatic carbocycles. The van der Waals surface area contributed by atoms with E-state index in [1.54, 1.807) is 0 Å². The average Bonchev–Trinajstić information content (AvgIpc) is 2.42. The van der Waals surface area contributed by atoms with E-state index in [4.69, 9.17) is 27.9 Å². The monoisotopic (exact) mass is 374 g/mol. The van der Waals surface area contributed by atoms with Crippen molar-refractivity contribution in [2.45, 2.75) is 13.0 Å². The molecule has 0 spiro atoms. The predicted octanol–water partition coefficient (Wildman–Crippen LogP) is 3.65. The highest BCUT2D eigenvalue weighted by Crippen LogP contribution is 2.23. The minimum absolute atomic E-state index is 0. The molecule has 1 aliphatic heterocycles. The minimum Gasteiger partial charge on any atom is -0.379 e. The van der Waals surface area contributed by atoms with Crippen LogP contribution in [0.15, 0.2) is 18.2 Å². The highest BCUT2D eigenvalue weighted by atomic mass is 35.5. The number of halogens is 4. The molecular formula is C14H22Cl4N2O. The molecule has 3 nitrogen and oxygen atoms in total. The Hall–Kier alpha value is 0.260. The number of rotatable bonds is 6. The fourth-order valence-corrected chi connectivity index (χ4v) is 2.70. The van der Waals surface area contributed by atoms with E-state index in [2.05, 4.69) is 10.2 Å². The number of nitrogens with zero attached hydrogens (tertiary/aromatic N) is 1. The molecule has 1 saturated heterocycles. The summed E-state index contributed by atoms with van der Waals surface area (Å²) in [4.78, 5) is 2.44. The molecule has 21 heavy (non-hydrogen) atoms. The van der Waals surface area contributed by atoms with Crippen LogP contribution in [0.1, 0.15) is 12.0 Å². The van der Waals surface area contributed by atoms with E-state index < -0.39 is 0 Å². The summed E-state index contributed by atoms with van der Waals surface area (Å²) in [5, 5.41) is 4.86. The second-order valence-corrected chi connectivity index (χ2v) is 5.50. The molecule has 2 rings (SSSR count). The van der Waals surface area contributed by atoms with Gasteiger partial charge in [-0.15, -0.1) is 24.8 Å². The molecule has 122 valence electrons. The van der Waals surface area contributed by atoms with Crippen LogP contribution in [0.4, 0.5) is 0 Å². The van der Waals surface area contributed by atoms with Gasteiger partial charge >= 0.3 is 0 Å². The Labute approximate surface area is 149 Å². The first-order chi connectivity index (χ1) is 9.27. The first-order valence-corrected chi connectivity index (χ1v) is 7.46. The lowest BCUT2D eigenvalue weighted by atomic mass is 10.2. The van der Waals surface area contributed by atoms with E-state index in [1.165, 1.54) is 0 Å². The van der Waals surface area contributed by atoms with E-state index in [9.17, 15) is 0 Å². The van der Waals surface area contributed by atoms with Crippen LogP contribution in [0.2, 0.25) is 10.0 Å². The average molecular weight is 376 g/mol. The molecule has 0 saturated carbocycles. The highest BCUT2D eigenvalue weighted by Gasteiger charge is 2.09. The summed E-state index contributed by atoms with van der Waals surface area (Å²) in [6.45, 7) is 6.64. The van der Waals surface area contributed by atoms with Crippen molar-refractivity contribution < 1.29 is 4.74 Å². The van der Waals surface area contributed by atoms with Crippen LogP contribution in [0.3, 0.4) is 0 Å². The molecule has 1 fully saturated rings. The molecule has 1 aromatic carbocycles. The van der Waals surface area contributed by atoms with Crippen LogP contribution in [0.5, 0.6) is 0 Å². The van der Waals surface area contributed by atoms with Crippen LogP contribution in [0.25, 0.3) is 0 Å². The number of hydrogen-bond donors (Lipinski definition) is 1. The number of nitrogens with one attached hydrogen (secondary N) is 1. The van der Waals surface area contributed by atoms with Gasteiger partial charge in [-0.1, -0.05) is 29.3 Å². The Balaban J connectivity index is 0.00000200. The Morgan fingerprint density at radius 3 is 2.33 bits per heavy atom. The zero-order chi connectivity index (χ0) is 13.5. The largest absolute Gasteiger partial charge is 0.379 e. The second kappa shape index (κ2) is 11.8. The molecule has 0 amide bonds. The molecule has 7 heteroatoms. The second-order valence-electron chi connectivity index (χ2n) is 4.68. The van der Waals surface area contributed by atoms with Gasteiger partial charge in [-0.2, -0.15) is 0 Å². The van der Waals surface area contributed by atoms with Crippen molar-refractivity contribution in [1.82, 2.24) is 10.2 Å². The summed E-state index contributed by atoms with van der Waals surface area (Å²) in [6, 6.07) is 5.61. The maximum atomic E-state index is 6.12. The summed E-state index contributed by atoms with van der Waals surface area (Å²) in [5.74, 6) is 0. The minimum atomic E-state index is 0. The van der Waals surface area contributed by atoms with Gasteiger partial charge in [0.2, 0.25) is 0 Å². The first kappa shape index (κ1) is 21.3. The Bertz CT molecular complexity index is 380. The van der Waals surface area contributed by atoms with Gasteiger partial charge in [-0.25, -0.2) is 0 Å². The Kier molecular flexibility index (Phi) is 11.9. The third kappa shape index (κ3) is 7.38. The van der Waals surface area contributed by atoms with E-state index in [1.807, 2.05) is 18.2 Å². The summed E-state index contributed by atoms with van der Waals surface area (Å²) < 4.78 is 5.32. The molecule has 0 atom stereocenters. The van der Waals surface area contributed by atoms with Gasteiger partial charge in [0.15, 0.2) is 0 Å². The van der Waals surface area contributed by atoms with Gasteiger partial charge in [-0.3, -0.25) is 4.90 Å². The molecule has 1 heterocycles. The molecule has 0 aromatic heterocycles. The predicted molar refractivity (Wildman–Crippen MR) is 94.5 cm³/mol. The van der Waals surface area contributed by atoms with Gasteiger partial charge in [0, 0.05) is 35.2 Å². The molecule has 0 radical (unpaired) electrons. The van der Waals surface area contributed by atoms with Gasteiger partial charge in [0.1, 0.15) is 0 Å². The molecular weight excluding hydrogens is 354 g/mol. The van der Waals surface area contributed by atoms with Gasteiger partial charge in [0.25, 0.3) is 0 Å². The maximum absolute atomic E-state index is 6.12. The zero-order valence-electron chi connectivity index (χ0n) is 11.8. The molecule has 1 N–H and O–H groups in total. The van der Waals surface area contributed by atoms with Gasteiger partial charge in [-0.05, 0) is 31.6 Å². The lowest BCUT2D eigenvalue weighted by Crippen LogP contribution is -2.37. The third-order valence-electron chi connectivity index (χ3n) is 3.30. The fraction of sp³-hybridized carbons (Fsp3) is 0.571. The standard InChI is InChI=1S/C14H20Cl2N2O.2ClH/c15-13-3-1-4-14(16)12(13)11-17-5-2-6-18-7-9-19-10-8-18;;/h1,3-4,17H,2,5-11H2;2*1H. The number of ether oxygens (including phenoxy) is 1. The van der Waals surface area contributed by atoms with Crippen molar-refractivity contribution in [3.8, 4) is 0 Å². The summed E-state index contributed by atoms with van der Waals surface area (Å²) >= 11 is 12.2. The highest BCUT2D eigenvalue weighted by molar-refractivity contribution is 6.35. The number of hydrogen-bond acceptors (Lipinski definition) is 3. The van der Waals surface area contributed by atoms with Crippen LogP contribution in [-0.4, -0.2) is 44.3 Å². The smallest absolute Gasteiger partial charge is 0.0594 e. The van der Waals surface area contributed by atoms with E-state index in [0.29, 0.717) is 0 Å². The van der Waals surface area contributed by atoms with Crippen LogP contribution in [0, 0.1) is 0 Å². The summed E-state index contributed by atoms with van der Waals surface area (Å²) in [6.07, 6.45) is 1.13. The fourth-order valence-electron chi connectivity index (χ4n) is 2.17. The van der Waals surface area contributed by atoms with Crippen LogP contribution >= 0.6 is 48.0 Å². The molecule has 0 unspecified atom stereocenters. The molecule has 1 aromatic rings. The Morgan fingerprint density at radius 1 is 1.10 bits per heavy atom. The quantitative estimate of drug-likeness (QED) is 0.768. The maximum Gasteiger partial charge on any atom is 0.0594 e. The van der Waals surface area contributed by atoms with Gasteiger partial charge in [0.05, 0.1) is 13.2 Å². The van der Waals surface area contributed by atoms with Crippen molar-refractivity contribution in [3.05, 3.63) is 33.8 Å². The summed E-state index contributed by atoms with van der Waals surface area (Å²) in [5.41, 5.74) is 0.984. The summed E-state index contributed by atoms with van der Waals surface area (Å²) in [7, 11) is 0. The third-order valence-corrected chi connectivity index (χ3v) is 4.00. The van der Waals surface area contributed by atoms with E-state index >= 15 is 0 Å². The lowest BCUT2D eigenvalue weighted by molar-refractivity contribution is 0.0374. The number of benzene rings is 1. The SMILES string of the molecule is Cl.Cl.Clc1cccc(Cl)c1CNCCCN1CCOCC1. The van der Waals surface area contributed by atoms with Crippen molar-refractivity contribution in [2.75, 3.05) is 39.4 Å². The number of morpholine rings is 1. The van der Waals surface area contributed by atoms with Crippen molar-refractivity contribution >= 4 is 48.0 Å².